The molecular formula is C26H26N2O4. The largest absolute Gasteiger partial charge is 0.496 e. The van der Waals surface area contributed by atoms with Gasteiger partial charge in [0.1, 0.15) is 18.1 Å². The molecule has 1 N–H and O–H groups in total. The number of methoxy groups -OCH3 is 1. The SMILES string of the molecule is COc1ccc(NC(=O)CCC(=O)N2CCOc3ccccc32)cc1Cc1ccccc1. The predicted octanol–water partition coefficient (Wildman–Crippen LogP) is 4.43. The summed E-state index contributed by atoms with van der Waals surface area (Å²) >= 11 is 0. The van der Waals surface area contributed by atoms with E-state index in [1.54, 1.807) is 12.0 Å². The standard InChI is InChI=1S/C26H26N2O4/c1-31-23-12-11-21(18-20(23)17-19-7-3-2-4-8-19)27-25(29)13-14-26(30)28-15-16-32-24-10-6-5-9-22(24)28/h2-12,18H,13-17H2,1H3,(H,27,29). The zero-order valence-electron chi connectivity index (χ0n) is 18.0. The van der Waals surface area contributed by atoms with E-state index in [0.717, 1.165) is 22.6 Å². The molecule has 6 nitrogen and oxygen atoms in total. The minimum absolute atomic E-state index is 0.0876. The van der Waals surface area contributed by atoms with Crippen molar-refractivity contribution in [2.75, 3.05) is 30.5 Å². The van der Waals surface area contributed by atoms with Crippen molar-refractivity contribution < 1.29 is 19.1 Å². The molecule has 0 aliphatic carbocycles. The number of fused-ring (bicyclic) bond motifs is 1. The van der Waals surface area contributed by atoms with Crippen molar-refractivity contribution in [3.63, 3.8) is 0 Å². The third-order valence-corrected chi connectivity index (χ3v) is 5.40. The Morgan fingerprint density at radius 2 is 1.78 bits per heavy atom. The Morgan fingerprint density at radius 3 is 2.59 bits per heavy atom. The molecule has 2 amide bonds. The minimum Gasteiger partial charge on any atom is -0.496 e. The Morgan fingerprint density at radius 1 is 1.00 bits per heavy atom. The smallest absolute Gasteiger partial charge is 0.227 e. The second-order valence-corrected chi connectivity index (χ2v) is 7.60. The molecule has 0 saturated carbocycles. The molecule has 3 aromatic carbocycles. The second-order valence-electron chi connectivity index (χ2n) is 7.60. The number of nitrogens with zero attached hydrogens (tertiary/aromatic N) is 1. The summed E-state index contributed by atoms with van der Waals surface area (Å²) in [4.78, 5) is 27.0. The van der Waals surface area contributed by atoms with Gasteiger partial charge in [0.05, 0.1) is 19.3 Å². The van der Waals surface area contributed by atoms with E-state index in [2.05, 4.69) is 17.4 Å². The van der Waals surface area contributed by atoms with Crippen LogP contribution in [-0.4, -0.2) is 32.1 Å². The summed E-state index contributed by atoms with van der Waals surface area (Å²) < 4.78 is 11.1. The quantitative estimate of drug-likeness (QED) is 0.602. The molecule has 0 fully saturated rings. The zero-order valence-corrected chi connectivity index (χ0v) is 18.0. The van der Waals surface area contributed by atoms with Crippen molar-refractivity contribution in [3.05, 3.63) is 83.9 Å². The maximum absolute atomic E-state index is 12.7. The average Bonchev–Trinajstić information content (AvgIpc) is 2.83. The number of amides is 2. The lowest BCUT2D eigenvalue weighted by molar-refractivity contribution is -0.122. The Kier molecular flexibility index (Phi) is 6.70. The molecule has 0 aromatic heterocycles. The van der Waals surface area contributed by atoms with E-state index in [-0.39, 0.29) is 24.7 Å². The maximum Gasteiger partial charge on any atom is 0.227 e. The van der Waals surface area contributed by atoms with Crippen LogP contribution < -0.4 is 19.7 Å². The van der Waals surface area contributed by atoms with Crippen molar-refractivity contribution in [1.29, 1.82) is 0 Å². The van der Waals surface area contributed by atoms with Gasteiger partial charge in [-0.25, -0.2) is 0 Å². The molecule has 4 rings (SSSR count). The van der Waals surface area contributed by atoms with Crippen LogP contribution in [0.3, 0.4) is 0 Å². The van der Waals surface area contributed by atoms with Gasteiger partial charge < -0.3 is 19.7 Å². The molecule has 1 heterocycles. The lowest BCUT2D eigenvalue weighted by atomic mass is 10.0. The molecular weight excluding hydrogens is 404 g/mol. The van der Waals surface area contributed by atoms with E-state index in [0.29, 0.717) is 31.0 Å². The number of hydrogen-bond donors (Lipinski definition) is 1. The first-order valence-corrected chi connectivity index (χ1v) is 10.7. The van der Waals surface area contributed by atoms with Gasteiger partial charge in [-0.3, -0.25) is 9.59 Å². The van der Waals surface area contributed by atoms with Gasteiger partial charge in [0, 0.05) is 30.5 Å². The fourth-order valence-corrected chi connectivity index (χ4v) is 3.82. The summed E-state index contributed by atoms with van der Waals surface area (Å²) in [5.41, 5.74) is 3.58. The highest BCUT2D eigenvalue weighted by Gasteiger charge is 2.23. The highest BCUT2D eigenvalue weighted by molar-refractivity contribution is 5.99. The van der Waals surface area contributed by atoms with Crippen molar-refractivity contribution in [3.8, 4) is 11.5 Å². The van der Waals surface area contributed by atoms with Gasteiger partial charge in [-0.15, -0.1) is 0 Å². The topological polar surface area (TPSA) is 67.9 Å². The first kappa shape index (κ1) is 21.4. The third kappa shape index (κ3) is 5.09. The molecule has 0 radical (unpaired) electrons. The minimum atomic E-state index is -0.198. The van der Waals surface area contributed by atoms with E-state index in [9.17, 15) is 9.59 Å². The van der Waals surface area contributed by atoms with Gasteiger partial charge in [-0.1, -0.05) is 42.5 Å². The van der Waals surface area contributed by atoms with E-state index in [4.69, 9.17) is 9.47 Å². The van der Waals surface area contributed by atoms with E-state index in [1.807, 2.05) is 60.7 Å². The van der Waals surface area contributed by atoms with Gasteiger partial charge in [0.15, 0.2) is 0 Å². The lowest BCUT2D eigenvalue weighted by Gasteiger charge is -2.29. The van der Waals surface area contributed by atoms with Crippen LogP contribution in [0.5, 0.6) is 11.5 Å². The van der Waals surface area contributed by atoms with Crippen molar-refractivity contribution in [2.24, 2.45) is 0 Å². The molecule has 0 atom stereocenters. The predicted molar refractivity (Wildman–Crippen MR) is 124 cm³/mol. The third-order valence-electron chi connectivity index (χ3n) is 5.40. The summed E-state index contributed by atoms with van der Waals surface area (Å²) in [5, 5.41) is 2.91. The van der Waals surface area contributed by atoms with Crippen LogP contribution in [-0.2, 0) is 16.0 Å². The van der Waals surface area contributed by atoms with Crippen LogP contribution in [0.4, 0.5) is 11.4 Å². The van der Waals surface area contributed by atoms with E-state index >= 15 is 0 Å². The molecule has 0 saturated heterocycles. The van der Waals surface area contributed by atoms with Gasteiger partial charge in [0.2, 0.25) is 11.8 Å². The van der Waals surface area contributed by atoms with Gasteiger partial charge >= 0.3 is 0 Å². The molecule has 1 aliphatic heterocycles. The first-order chi connectivity index (χ1) is 15.6. The Labute approximate surface area is 187 Å². The monoisotopic (exact) mass is 430 g/mol. The molecule has 164 valence electrons. The van der Waals surface area contributed by atoms with Crippen LogP contribution in [0.2, 0.25) is 0 Å². The molecule has 1 aliphatic rings. The molecule has 0 bridgehead atoms. The Balaban J connectivity index is 1.37. The number of ether oxygens (including phenoxy) is 2. The normalized spacial score (nSPS) is 12.5. The molecule has 3 aromatic rings. The first-order valence-electron chi connectivity index (χ1n) is 10.7. The molecule has 0 spiro atoms. The number of hydrogen-bond acceptors (Lipinski definition) is 4. The second kappa shape index (κ2) is 10.0. The van der Waals surface area contributed by atoms with Crippen LogP contribution in [0.15, 0.2) is 72.8 Å². The summed E-state index contributed by atoms with van der Waals surface area (Å²) in [7, 11) is 1.64. The van der Waals surface area contributed by atoms with Gasteiger partial charge in [-0.05, 0) is 35.9 Å². The molecule has 6 heteroatoms. The maximum atomic E-state index is 12.7. The zero-order chi connectivity index (χ0) is 22.3. The average molecular weight is 431 g/mol. The number of para-hydroxylation sites is 2. The van der Waals surface area contributed by atoms with Crippen LogP contribution in [0.25, 0.3) is 0 Å². The summed E-state index contributed by atoms with van der Waals surface area (Å²) in [6.45, 7) is 0.934. The Hall–Kier alpha value is -3.80. The summed E-state index contributed by atoms with van der Waals surface area (Å²) in [5.74, 6) is 1.18. The number of anilines is 2. The Bertz CT molecular complexity index is 1100. The van der Waals surface area contributed by atoms with Gasteiger partial charge in [0.25, 0.3) is 0 Å². The summed E-state index contributed by atoms with van der Waals surface area (Å²) in [6, 6.07) is 23.1. The van der Waals surface area contributed by atoms with Gasteiger partial charge in [-0.2, -0.15) is 0 Å². The van der Waals surface area contributed by atoms with Crippen LogP contribution in [0, 0.1) is 0 Å². The van der Waals surface area contributed by atoms with E-state index < -0.39 is 0 Å². The summed E-state index contributed by atoms with van der Waals surface area (Å²) in [6.07, 6.45) is 0.939. The number of benzene rings is 3. The highest BCUT2D eigenvalue weighted by atomic mass is 16.5. The van der Waals surface area contributed by atoms with Crippen molar-refractivity contribution >= 4 is 23.2 Å². The fourth-order valence-electron chi connectivity index (χ4n) is 3.82. The number of nitrogens with one attached hydrogen (secondary N) is 1. The number of carbonyl (C=O) groups is 2. The highest BCUT2D eigenvalue weighted by Crippen LogP contribution is 2.31. The van der Waals surface area contributed by atoms with Crippen molar-refractivity contribution in [2.45, 2.75) is 19.3 Å². The lowest BCUT2D eigenvalue weighted by Crippen LogP contribution is -2.38. The van der Waals surface area contributed by atoms with Crippen LogP contribution >= 0.6 is 0 Å². The number of rotatable bonds is 7. The fraction of sp³-hybridized carbons (Fsp3) is 0.231. The van der Waals surface area contributed by atoms with E-state index in [1.165, 1.54) is 0 Å². The molecule has 32 heavy (non-hydrogen) atoms. The number of carbonyl (C=O) groups excluding carboxylic acids is 2. The van der Waals surface area contributed by atoms with Crippen LogP contribution in [0.1, 0.15) is 24.0 Å². The molecule has 0 unspecified atom stereocenters. The van der Waals surface area contributed by atoms with Crippen molar-refractivity contribution in [1.82, 2.24) is 0 Å².